The van der Waals surface area contributed by atoms with Gasteiger partial charge in [0.1, 0.15) is 0 Å². The first-order chi connectivity index (χ1) is 9.95. The molecule has 0 aromatic carbocycles. The lowest BCUT2D eigenvalue weighted by molar-refractivity contribution is -0.137. The van der Waals surface area contributed by atoms with Gasteiger partial charge < -0.3 is 19.7 Å². The fourth-order valence-electron chi connectivity index (χ4n) is 2.40. The van der Waals surface area contributed by atoms with Gasteiger partial charge in [0, 0.05) is 51.0 Å². The van der Waals surface area contributed by atoms with Crippen LogP contribution in [0.1, 0.15) is 12.1 Å². The second kappa shape index (κ2) is 6.73. The number of aromatic hydroxyl groups is 1. The molecule has 116 valence electrons. The van der Waals surface area contributed by atoms with E-state index in [2.05, 4.69) is 16.8 Å². The first kappa shape index (κ1) is 15.5. The van der Waals surface area contributed by atoms with Gasteiger partial charge in [-0.05, 0) is 7.05 Å². The van der Waals surface area contributed by atoms with Crippen molar-refractivity contribution in [2.45, 2.75) is 19.5 Å². The van der Waals surface area contributed by atoms with Gasteiger partial charge in [0.05, 0.1) is 12.6 Å². The van der Waals surface area contributed by atoms with Crippen molar-refractivity contribution in [1.82, 2.24) is 14.4 Å². The van der Waals surface area contributed by atoms with Crippen molar-refractivity contribution < 1.29 is 15.0 Å². The summed E-state index contributed by atoms with van der Waals surface area (Å²) in [6.07, 6.45) is 1.29. The molecule has 7 heteroatoms. The van der Waals surface area contributed by atoms with Crippen molar-refractivity contribution in [2.24, 2.45) is 0 Å². The molecule has 1 saturated heterocycles. The Morgan fingerprint density at radius 1 is 1.29 bits per heavy atom. The van der Waals surface area contributed by atoms with Crippen LogP contribution < -0.4 is 5.43 Å². The van der Waals surface area contributed by atoms with Gasteiger partial charge in [0.25, 0.3) is 0 Å². The lowest BCUT2D eigenvalue weighted by Gasteiger charge is -2.32. The molecule has 0 amide bonds. The van der Waals surface area contributed by atoms with Crippen LogP contribution >= 0.6 is 0 Å². The summed E-state index contributed by atoms with van der Waals surface area (Å²) in [5.74, 6) is -1.25. The van der Waals surface area contributed by atoms with Crippen LogP contribution in [0.25, 0.3) is 0 Å². The number of aromatic nitrogens is 1. The summed E-state index contributed by atoms with van der Waals surface area (Å²) < 4.78 is 1.66. The van der Waals surface area contributed by atoms with Crippen LogP contribution in [0.15, 0.2) is 17.1 Å². The van der Waals surface area contributed by atoms with E-state index in [4.69, 9.17) is 5.11 Å². The fourth-order valence-corrected chi connectivity index (χ4v) is 2.40. The number of nitrogens with zero attached hydrogens (tertiary/aromatic N) is 3. The first-order valence-electron chi connectivity index (χ1n) is 7.00. The molecule has 21 heavy (non-hydrogen) atoms. The third-order valence-electron chi connectivity index (χ3n) is 3.75. The third-order valence-corrected chi connectivity index (χ3v) is 3.75. The summed E-state index contributed by atoms with van der Waals surface area (Å²) in [5, 5.41) is 18.3. The van der Waals surface area contributed by atoms with Crippen molar-refractivity contribution in [3.63, 3.8) is 0 Å². The summed E-state index contributed by atoms with van der Waals surface area (Å²) in [4.78, 5) is 26.8. The highest BCUT2D eigenvalue weighted by molar-refractivity contribution is 5.66. The molecule has 0 unspecified atom stereocenters. The van der Waals surface area contributed by atoms with Crippen LogP contribution in [0.4, 0.5) is 0 Å². The van der Waals surface area contributed by atoms with Crippen molar-refractivity contribution in [3.8, 4) is 5.75 Å². The van der Waals surface area contributed by atoms with Crippen LogP contribution in [-0.2, 0) is 17.9 Å². The summed E-state index contributed by atoms with van der Waals surface area (Å²) >= 11 is 0. The van der Waals surface area contributed by atoms with E-state index in [1.807, 2.05) is 0 Å². The number of hydrogen-bond acceptors (Lipinski definition) is 5. The topological polar surface area (TPSA) is 86.0 Å². The smallest absolute Gasteiger partial charge is 0.305 e. The van der Waals surface area contributed by atoms with E-state index in [-0.39, 0.29) is 18.7 Å². The molecule has 2 heterocycles. The average molecular weight is 295 g/mol. The zero-order valence-corrected chi connectivity index (χ0v) is 12.2. The number of piperazine rings is 1. The second-order valence-corrected chi connectivity index (χ2v) is 5.43. The van der Waals surface area contributed by atoms with Crippen LogP contribution in [0.3, 0.4) is 0 Å². The molecular formula is C14H21N3O4. The van der Waals surface area contributed by atoms with Crippen molar-refractivity contribution in [2.75, 3.05) is 33.2 Å². The predicted octanol–water partition coefficient (Wildman–Crippen LogP) is -0.224. The Morgan fingerprint density at radius 2 is 1.95 bits per heavy atom. The Balaban J connectivity index is 2.14. The third kappa shape index (κ3) is 4.30. The molecule has 7 nitrogen and oxygen atoms in total. The summed E-state index contributed by atoms with van der Waals surface area (Å²) in [6.45, 7) is 4.58. The van der Waals surface area contributed by atoms with Crippen molar-refractivity contribution in [3.05, 3.63) is 28.2 Å². The molecule has 0 atom stereocenters. The molecule has 0 aliphatic carbocycles. The quantitative estimate of drug-likeness (QED) is 0.781. The summed E-state index contributed by atoms with van der Waals surface area (Å²) in [6, 6.07) is 1.40. The summed E-state index contributed by atoms with van der Waals surface area (Å²) in [5.41, 5.74) is 0.314. The second-order valence-electron chi connectivity index (χ2n) is 5.43. The lowest BCUT2D eigenvalue weighted by Crippen LogP contribution is -2.44. The minimum Gasteiger partial charge on any atom is -0.503 e. The number of carbonyl (C=O) groups is 1. The van der Waals surface area contributed by atoms with E-state index in [0.29, 0.717) is 6.54 Å². The monoisotopic (exact) mass is 295 g/mol. The molecule has 1 aromatic rings. The van der Waals surface area contributed by atoms with E-state index in [1.165, 1.54) is 12.3 Å². The molecule has 0 saturated carbocycles. The average Bonchev–Trinajstić information content (AvgIpc) is 2.43. The maximum absolute atomic E-state index is 11.6. The Kier molecular flexibility index (Phi) is 4.98. The van der Waals surface area contributed by atoms with Gasteiger partial charge in [0.15, 0.2) is 5.75 Å². The van der Waals surface area contributed by atoms with Crippen molar-refractivity contribution >= 4 is 5.97 Å². The van der Waals surface area contributed by atoms with Gasteiger partial charge in [-0.2, -0.15) is 0 Å². The van der Waals surface area contributed by atoms with Gasteiger partial charge >= 0.3 is 5.97 Å². The van der Waals surface area contributed by atoms with E-state index >= 15 is 0 Å². The molecule has 1 aliphatic rings. The minimum absolute atomic E-state index is 0.0436. The molecule has 2 rings (SSSR count). The Bertz CT molecular complexity index is 562. The molecule has 1 aliphatic heterocycles. The number of aliphatic carboxylic acids is 1. The standard InChI is InChI=1S/C14H21N3O4/c1-15-4-6-16(7-5-15)9-11-8-12(18)13(19)10-17(11)3-2-14(20)21/h8,10,19H,2-7,9H2,1H3,(H,20,21). The SMILES string of the molecule is CN1CCN(Cc2cc(=O)c(O)cn2CCC(=O)O)CC1. The zero-order chi connectivity index (χ0) is 15.4. The molecule has 0 bridgehead atoms. The highest BCUT2D eigenvalue weighted by atomic mass is 16.4. The highest BCUT2D eigenvalue weighted by Crippen LogP contribution is 2.11. The molecule has 1 fully saturated rings. The molecule has 2 N–H and O–H groups in total. The van der Waals surface area contributed by atoms with Crippen LogP contribution in [0, 0.1) is 0 Å². The lowest BCUT2D eigenvalue weighted by atomic mass is 10.2. The van der Waals surface area contributed by atoms with Gasteiger partial charge in [0.2, 0.25) is 5.43 Å². The Hall–Kier alpha value is -1.86. The number of likely N-dealkylation sites (N-methyl/N-ethyl adjacent to an activating group) is 1. The highest BCUT2D eigenvalue weighted by Gasteiger charge is 2.16. The zero-order valence-electron chi connectivity index (χ0n) is 12.2. The maximum atomic E-state index is 11.6. The number of carboxylic acid groups (broad SMARTS) is 1. The Labute approximate surface area is 123 Å². The predicted molar refractivity (Wildman–Crippen MR) is 77.4 cm³/mol. The van der Waals surface area contributed by atoms with E-state index in [1.54, 1.807) is 4.57 Å². The van der Waals surface area contributed by atoms with E-state index in [9.17, 15) is 14.7 Å². The largest absolute Gasteiger partial charge is 0.503 e. The number of carboxylic acids is 1. The maximum Gasteiger partial charge on any atom is 0.305 e. The minimum atomic E-state index is -0.904. The van der Waals surface area contributed by atoms with Gasteiger partial charge in [-0.25, -0.2) is 0 Å². The normalized spacial score (nSPS) is 17.0. The van der Waals surface area contributed by atoms with Crippen LogP contribution in [-0.4, -0.2) is 63.8 Å². The molecule has 1 aromatic heterocycles. The van der Waals surface area contributed by atoms with Gasteiger partial charge in [-0.3, -0.25) is 14.5 Å². The molecular weight excluding hydrogens is 274 g/mol. The van der Waals surface area contributed by atoms with Gasteiger partial charge in [-0.1, -0.05) is 0 Å². The van der Waals surface area contributed by atoms with Crippen LogP contribution in [0.2, 0.25) is 0 Å². The van der Waals surface area contributed by atoms with E-state index < -0.39 is 11.4 Å². The molecule has 0 radical (unpaired) electrons. The number of pyridine rings is 1. The number of rotatable bonds is 5. The van der Waals surface area contributed by atoms with E-state index in [0.717, 1.165) is 31.9 Å². The summed E-state index contributed by atoms with van der Waals surface area (Å²) in [7, 11) is 2.07. The fraction of sp³-hybridized carbons (Fsp3) is 0.571. The van der Waals surface area contributed by atoms with Crippen molar-refractivity contribution in [1.29, 1.82) is 0 Å². The van der Waals surface area contributed by atoms with Gasteiger partial charge in [-0.15, -0.1) is 0 Å². The number of hydrogen-bond donors (Lipinski definition) is 2. The first-order valence-corrected chi connectivity index (χ1v) is 7.00. The Morgan fingerprint density at radius 3 is 2.57 bits per heavy atom. The number of aryl methyl sites for hydroxylation is 1. The molecule has 0 spiro atoms. The van der Waals surface area contributed by atoms with Crippen LogP contribution in [0.5, 0.6) is 5.75 Å².